The molecular formula is C21H22N2O. The van der Waals surface area contributed by atoms with Gasteiger partial charge in [-0.25, -0.2) is 0 Å². The lowest BCUT2D eigenvalue weighted by atomic mass is 9.94. The van der Waals surface area contributed by atoms with E-state index in [0.29, 0.717) is 6.54 Å². The second-order valence-electron chi connectivity index (χ2n) is 5.87. The largest absolute Gasteiger partial charge is 0.508 e. The van der Waals surface area contributed by atoms with Crippen LogP contribution in [0, 0.1) is 0 Å². The number of phenolic OH excluding ortho intramolecular Hbond substituents is 1. The molecule has 0 fully saturated rings. The molecule has 122 valence electrons. The van der Waals surface area contributed by atoms with E-state index < -0.39 is 0 Å². The number of hydrogen-bond acceptors (Lipinski definition) is 3. The van der Waals surface area contributed by atoms with Gasteiger partial charge in [-0.3, -0.25) is 0 Å². The van der Waals surface area contributed by atoms with E-state index in [0.717, 1.165) is 16.7 Å². The van der Waals surface area contributed by atoms with Crippen molar-refractivity contribution < 1.29 is 5.11 Å². The average molecular weight is 318 g/mol. The quantitative estimate of drug-likeness (QED) is 0.645. The zero-order valence-electron chi connectivity index (χ0n) is 13.5. The fraction of sp³-hybridized carbons (Fsp3) is 0.143. The molecule has 0 saturated carbocycles. The van der Waals surface area contributed by atoms with E-state index in [4.69, 9.17) is 5.73 Å². The second-order valence-corrected chi connectivity index (χ2v) is 5.87. The first-order valence-corrected chi connectivity index (χ1v) is 8.11. The second kappa shape index (κ2) is 7.77. The molecule has 3 heteroatoms. The first kappa shape index (κ1) is 16.2. The van der Waals surface area contributed by atoms with Gasteiger partial charge in [-0.2, -0.15) is 0 Å². The van der Waals surface area contributed by atoms with Crippen LogP contribution in [-0.2, 0) is 6.54 Å². The summed E-state index contributed by atoms with van der Waals surface area (Å²) in [6.45, 7) is 0.681. The highest BCUT2D eigenvalue weighted by molar-refractivity contribution is 5.29. The number of rotatable bonds is 6. The van der Waals surface area contributed by atoms with Crippen LogP contribution in [0.1, 0.15) is 28.8 Å². The van der Waals surface area contributed by atoms with Crippen molar-refractivity contribution in [2.45, 2.75) is 18.6 Å². The Bertz CT molecular complexity index is 742. The third-order valence-corrected chi connectivity index (χ3v) is 4.16. The number of phenols is 1. The first-order chi connectivity index (χ1) is 11.7. The van der Waals surface area contributed by atoms with Gasteiger partial charge in [0.05, 0.1) is 6.04 Å². The maximum absolute atomic E-state index is 9.41. The van der Waals surface area contributed by atoms with E-state index in [-0.39, 0.29) is 17.8 Å². The van der Waals surface area contributed by atoms with Gasteiger partial charge < -0.3 is 16.2 Å². The standard InChI is InChI=1S/C21H22N2O/c22-20(17-7-3-1-4-8-17)21(18-9-5-2-6-10-18)23-15-16-11-13-19(24)14-12-16/h1-14,20-21,23-24H,15,22H2/t20-,21-/m0/s1. The minimum absolute atomic E-state index is 0.00223. The molecule has 3 aromatic rings. The molecule has 4 N–H and O–H groups in total. The fourth-order valence-corrected chi connectivity index (χ4v) is 2.82. The van der Waals surface area contributed by atoms with E-state index in [2.05, 4.69) is 29.6 Å². The van der Waals surface area contributed by atoms with Gasteiger partial charge in [0.15, 0.2) is 0 Å². The fourth-order valence-electron chi connectivity index (χ4n) is 2.82. The molecule has 0 aliphatic carbocycles. The van der Waals surface area contributed by atoms with Gasteiger partial charge in [-0.05, 0) is 28.8 Å². The summed E-state index contributed by atoms with van der Waals surface area (Å²) in [5.74, 6) is 0.277. The van der Waals surface area contributed by atoms with Crippen LogP contribution in [0.25, 0.3) is 0 Å². The predicted molar refractivity (Wildman–Crippen MR) is 97.5 cm³/mol. The molecule has 0 spiro atoms. The van der Waals surface area contributed by atoms with E-state index in [1.807, 2.05) is 48.5 Å². The molecule has 24 heavy (non-hydrogen) atoms. The van der Waals surface area contributed by atoms with Gasteiger partial charge in [-0.15, -0.1) is 0 Å². The first-order valence-electron chi connectivity index (χ1n) is 8.11. The zero-order valence-corrected chi connectivity index (χ0v) is 13.5. The van der Waals surface area contributed by atoms with Crippen molar-refractivity contribution in [1.29, 1.82) is 0 Å². The minimum Gasteiger partial charge on any atom is -0.508 e. The summed E-state index contributed by atoms with van der Waals surface area (Å²) < 4.78 is 0. The maximum Gasteiger partial charge on any atom is 0.115 e. The normalized spacial score (nSPS) is 13.4. The molecule has 3 nitrogen and oxygen atoms in total. The Hall–Kier alpha value is -2.62. The van der Waals surface area contributed by atoms with Crippen LogP contribution in [0.15, 0.2) is 84.9 Å². The number of nitrogens with two attached hydrogens (primary N) is 1. The highest BCUT2D eigenvalue weighted by Crippen LogP contribution is 2.27. The SMILES string of the molecule is N[C@@H](c1ccccc1)[C@@H](NCc1ccc(O)cc1)c1ccccc1. The zero-order chi connectivity index (χ0) is 16.8. The Morgan fingerprint density at radius 1 is 0.750 bits per heavy atom. The van der Waals surface area contributed by atoms with E-state index >= 15 is 0 Å². The molecule has 3 aromatic carbocycles. The van der Waals surface area contributed by atoms with Crippen molar-refractivity contribution in [3.8, 4) is 5.75 Å². The maximum atomic E-state index is 9.41. The predicted octanol–water partition coefficient (Wildman–Crippen LogP) is 3.92. The van der Waals surface area contributed by atoms with E-state index in [1.165, 1.54) is 0 Å². The molecule has 0 aromatic heterocycles. The number of benzene rings is 3. The van der Waals surface area contributed by atoms with Crippen LogP contribution in [-0.4, -0.2) is 5.11 Å². The Kier molecular flexibility index (Phi) is 5.26. The average Bonchev–Trinajstić information content (AvgIpc) is 2.65. The molecule has 0 aliphatic heterocycles. The van der Waals surface area contributed by atoms with Crippen LogP contribution in [0.3, 0.4) is 0 Å². The van der Waals surface area contributed by atoms with Gasteiger partial charge in [0.1, 0.15) is 5.75 Å². The lowest BCUT2D eigenvalue weighted by Crippen LogP contribution is -2.31. The summed E-state index contributed by atoms with van der Waals surface area (Å²) in [7, 11) is 0. The van der Waals surface area contributed by atoms with Gasteiger partial charge in [0.2, 0.25) is 0 Å². The summed E-state index contributed by atoms with van der Waals surface area (Å²) >= 11 is 0. The monoisotopic (exact) mass is 318 g/mol. The van der Waals surface area contributed by atoms with Crippen LogP contribution in [0.2, 0.25) is 0 Å². The number of aromatic hydroxyl groups is 1. The highest BCUT2D eigenvalue weighted by atomic mass is 16.3. The Morgan fingerprint density at radius 2 is 1.29 bits per heavy atom. The van der Waals surface area contributed by atoms with Crippen molar-refractivity contribution in [2.75, 3.05) is 0 Å². The summed E-state index contributed by atoms with van der Waals surface area (Å²) in [6.07, 6.45) is 0. The van der Waals surface area contributed by atoms with E-state index in [1.54, 1.807) is 12.1 Å². The molecule has 2 atom stereocenters. The van der Waals surface area contributed by atoms with Gasteiger partial charge in [0, 0.05) is 12.6 Å². The smallest absolute Gasteiger partial charge is 0.115 e. The Morgan fingerprint density at radius 3 is 1.88 bits per heavy atom. The Balaban J connectivity index is 1.81. The van der Waals surface area contributed by atoms with Crippen molar-refractivity contribution in [3.05, 3.63) is 102 Å². The lowest BCUT2D eigenvalue weighted by molar-refractivity contribution is 0.451. The molecule has 0 bridgehead atoms. The highest BCUT2D eigenvalue weighted by Gasteiger charge is 2.20. The number of hydrogen-bond donors (Lipinski definition) is 3. The molecular weight excluding hydrogens is 296 g/mol. The van der Waals surface area contributed by atoms with Gasteiger partial charge in [0.25, 0.3) is 0 Å². The summed E-state index contributed by atoms with van der Waals surface area (Å²) in [4.78, 5) is 0. The molecule has 0 amide bonds. The minimum atomic E-state index is -0.147. The molecule has 0 heterocycles. The Labute approximate surface area is 142 Å². The third kappa shape index (κ3) is 4.02. The van der Waals surface area contributed by atoms with E-state index in [9.17, 15) is 5.11 Å². The van der Waals surface area contributed by atoms with Crippen molar-refractivity contribution in [3.63, 3.8) is 0 Å². The van der Waals surface area contributed by atoms with Crippen LogP contribution in [0.4, 0.5) is 0 Å². The third-order valence-electron chi connectivity index (χ3n) is 4.16. The lowest BCUT2D eigenvalue weighted by Gasteiger charge is -2.26. The van der Waals surface area contributed by atoms with Crippen molar-refractivity contribution >= 4 is 0 Å². The molecule has 3 rings (SSSR count). The summed E-state index contributed by atoms with van der Waals surface area (Å²) in [5.41, 5.74) is 9.92. The molecule has 0 radical (unpaired) electrons. The van der Waals surface area contributed by atoms with Crippen molar-refractivity contribution in [1.82, 2.24) is 5.32 Å². The van der Waals surface area contributed by atoms with Crippen LogP contribution in [0.5, 0.6) is 5.75 Å². The molecule has 0 unspecified atom stereocenters. The topological polar surface area (TPSA) is 58.3 Å². The molecule has 0 saturated heterocycles. The van der Waals surface area contributed by atoms with Crippen LogP contribution < -0.4 is 11.1 Å². The van der Waals surface area contributed by atoms with Crippen molar-refractivity contribution in [2.24, 2.45) is 5.73 Å². The summed E-state index contributed by atoms with van der Waals surface area (Å²) in [5, 5.41) is 13.0. The van der Waals surface area contributed by atoms with Gasteiger partial charge >= 0.3 is 0 Å². The van der Waals surface area contributed by atoms with Gasteiger partial charge in [-0.1, -0.05) is 72.8 Å². The molecule has 0 aliphatic rings. The van der Waals surface area contributed by atoms with Crippen LogP contribution >= 0.6 is 0 Å². The summed E-state index contributed by atoms with van der Waals surface area (Å²) in [6, 6.07) is 27.5. The number of nitrogens with one attached hydrogen (secondary N) is 1.